The van der Waals surface area contributed by atoms with Crippen LogP contribution in [0.1, 0.15) is 176 Å². The second-order valence-electron chi connectivity index (χ2n) is 20.7. The van der Waals surface area contributed by atoms with Gasteiger partial charge in [0.2, 0.25) is 0 Å². The van der Waals surface area contributed by atoms with Crippen LogP contribution in [0.15, 0.2) is 58.7 Å². The number of allylic oxidation sites excluding steroid dienone is 8. The molecule has 4 heterocycles. The standard InChI is InChI=1S/C55H75N3O11/c1-33(2)16-11-18-36(7)20-13-23-54(9)46(61)28-40-44(60)26-38-43(49(40)68-54)31-58(52(38)64)48(66-32-59)22-15-25-57-30-42-39(51(57)63)27-45(67-53(65)56-35(5)6)41-29-47(62)55(10,69-50(41)42)24-14-21-37(8)19-12-17-34(3)4/h16-17,20-21,26-27,32,35,46-48,60-62H,11-15,18-19,22-25,28-31H2,1-10H3,(H,56,65)/b36-20+,37-21+/t46-,47-,48+,54+,55+/m0/s1. The Kier molecular flexibility index (Phi) is 17.2. The van der Waals surface area contributed by atoms with E-state index in [-0.39, 0.29) is 67.9 Å². The number of nitrogens with zero attached hydrogens (tertiary/aromatic N) is 2. The fraction of sp³-hybridized carbons (Fsp3) is 0.564. The quantitative estimate of drug-likeness (QED) is 0.0690. The summed E-state index contributed by atoms with van der Waals surface area (Å²) in [6, 6.07) is 2.75. The Labute approximate surface area is 408 Å². The van der Waals surface area contributed by atoms with Gasteiger partial charge >= 0.3 is 6.09 Å². The van der Waals surface area contributed by atoms with Gasteiger partial charge in [0.05, 0.1) is 36.4 Å². The number of phenols is 1. The zero-order valence-electron chi connectivity index (χ0n) is 42.5. The van der Waals surface area contributed by atoms with E-state index in [0.717, 1.165) is 25.7 Å². The summed E-state index contributed by atoms with van der Waals surface area (Å²) in [7, 11) is 0. The van der Waals surface area contributed by atoms with Crippen molar-refractivity contribution in [3.63, 3.8) is 0 Å². The summed E-state index contributed by atoms with van der Waals surface area (Å²) < 4.78 is 24.7. The van der Waals surface area contributed by atoms with Crippen molar-refractivity contribution < 1.29 is 53.4 Å². The predicted molar refractivity (Wildman–Crippen MR) is 264 cm³/mol. The van der Waals surface area contributed by atoms with Crippen LogP contribution in [0.3, 0.4) is 0 Å². The smallest absolute Gasteiger partial charge is 0.412 e. The van der Waals surface area contributed by atoms with E-state index in [1.165, 1.54) is 33.3 Å². The number of hydrogen-bond acceptors (Lipinski definition) is 11. The summed E-state index contributed by atoms with van der Waals surface area (Å²) in [6.45, 7) is 20.7. The van der Waals surface area contributed by atoms with Gasteiger partial charge in [0.1, 0.15) is 34.2 Å². The third kappa shape index (κ3) is 12.4. The summed E-state index contributed by atoms with van der Waals surface area (Å²) in [4.78, 5) is 56.3. The summed E-state index contributed by atoms with van der Waals surface area (Å²) >= 11 is 0. The lowest BCUT2D eigenvalue weighted by molar-refractivity contribution is -0.141. The van der Waals surface area contributed by atoms with Crippen LogP contribution in [0.2, 0.25) is 0 Å². The molecule has 14 nitrogen and oxygen atoms in total. The molecule has 0 saturated carbocycles. The molecule has 5 atom stereocenters. The highest BCUT2D eigenvalue weighted by Crippen LogP contribution is 2.49. The number of rotatable bonds is 21. The van der Waals surface area contributed by atoms with Gasteiger partial charge in [-0.1, -0.05) is 46.6 Å². The number of nitrogens with one attached hydrogen (secondary N) is 1. The Morgan fingerprint density at radius 2 is 1.32 bits per heavy atom. The molecule has 0 saturated heterocycles. The van der Waals surface area contributed by atoms with Crippen molar-refractivity contribution in [1.29, 1.82) is 0 Å². The van der Waals surface area contributed by atoms with Gasteiger partial charge in [-0.3, -0.25) is 19.3 Å². The Morgan fingerprint density at radius 1 is 0.783 bits per heavy atom. The van der Waals surface area contributed by atoms with Gasteiger partial charge < -0.3 is 44.5 Å². The highest BCUT2D eigenvalue weighted by Gasteiger charge is 2.47. The van der Waals surface area contributed by atoms with Gasteiger partial charge in [0.15, 0.2) is 6.23 Å². The molecular formula is C55H75N3O11. The van der Waals surface area contributed by atoms with E-state index < -0.39 is 41.6 Å². The minimum Gasteiger partial charge on any atom is -0.508 e. The summed E-state index contributed by atoms with van der Waals surface area (Å²) in [6.07, 6.45) is 12.3. The predicted octanol–water partition coefficient (Wildman–Crippen LogP) is 9.83. The minimum absolute atomic E-state index is 0.0471. The molecule has 0 radical (unpaired) electrons. The Morgan fingerprint density at radius 3 is 1.87 bits per heavy atom. The molecule has 0 unspecified atom stereocenters. The minimum atomic E-state index is -0.997. The largest absolute Gasteiger partial charge is 0.508 e. The molecule has 0 bridgehead atoms. The maximum Gasteiger partial charge on any atom is 0.412 e. The van der Waals surface area contributed by atoms with Gasteiger partial charge in [-0.15, -0.1) is 0 Å². The second-order valence-corrected chi connectivity index (χ2v) is 20.7. The Bertz CT molecular complexity index is 2390. The average molecular weight is 954 g/mol. The van der Waals surface area contributed by atoms with Crippen molar-refractivity contribution in [2.24, 2.45) is 0 Å². The third-order valence-corrected chi connectivity index (χ3v) is 14.0. The van der Waals surface area contributed by atoms with Crippen molar-refractivity contribution in [1.82, 2.24) is 15.1 Å². The molecule has 4 N–H and O–H groups in total. The number of aliphatic hydroxyl groups excluding tert-OH is 2. The molecule has 14 heteroatoms. The highest BCUT2D eigenvalue weighted by molar-refractivity contribution is 6.01. The molecular weight excluding hydrogens is 879 g/mol. The molecule has 0 aromatic heterocycles. The van der Waals surface area contributed by atoms with Crippen molar-refractivity contribution >= 4 is 24.4 Å². The van der Waals surface area contributed by atoms with E-state index in [2.05, 4.69) is 71.2 Å². The van der Waals surface area contributed by atoms with E-state index in [1.54, 1.807) is 11.0 Å². The van der Waals surface area contributed by atoms with Crippen LogP contribution in [-0.2, 0) is 35.5 Å². The second kappa shape index (κ2) is 22.4. The third-order valence-electron chi connectivity index (χ3n) is 14.0. The first-order valence-corrected chi connectivity index (χ1v) is 24.7. The zero-order valence-corrected chi connectivity index (χ0v) is 42.5. The van der Waals surface area contributed by atoms with Gasteiger partial charge in [0, 0.05) is 54.1 Å². The molecule has 6 rings (SSSR count). The fourth-order valence-corrected chi connectivity index (χ4v) is 9.75. The number of hydrogen-bond donors (Lipinski definition) is 4. The molecule has 376 valence electrons. The van der Waals surface area contributed by atoms with Crippen LogP contribution in [0, 0.1) is 0 Å². The van der Waals surface area contributed by atoms with Gasteiger partial charge in [0.25, 0.3) is 18.3 Å². The van der Waals surface area contributed by atoms with E-state index in [9.17, 15) is 34.5 Å². The number of aromatic hydroxyl groups is 1. The maximum absolute atomic E-state index is 14.2. The fourth-order valence-electron chi connectivity index (χ4n) is 9.75. The molecule has 4 aliphatic rings. The van der Waals surface area contributed by atoms with Crippen molar-refractivity contribution in [3.05, 3.63) is 92.1 Å². The lowest BCUT2D eigenvalue weighted by Gasteiger charge is -2.41. The monoisotopic (exact) mass is 954 g/mol. The number of benzene rings is 2. The zero-order chi connectivity index (χ0) is 50.4. The molecule has 2 aromatic rings. The number of aliphatic hydroxyl groups is 2. The first-order chi connectivity index (χ1) is 32.6. The van der Waals surface area contributed by atoms with Crippen LogP contribution in [0.5, 0.6) is 23.0 Å². The number of amides is 3. The van der Waals surface area contributed by atoms with E-state index in [1.807, 2.05) is 27.7 Å². The van der Waals surface area contributed by atoms with E-state index >= 15 is 0 Å². The molecule has 2 aromatic carbocycles. The number of fused-ring (bicyclic) bond motifs is 6. The van der Waals surface area contributed by atoms with Crippen molar-refractivity contribution in [3.8, 4) is 23.0 Å². The van der Waals surface area contributed by atoms with E-state index in [0.29, 0.717) is 77.9 Å². The SMILES string of the molecule is CC(C)=CCC/C(C)=C/CC[C@@]1(C)Oc2c(c(O)cc3c2CN([C@@H](CCCN2Cc4c(cc(OC(=O)NC(C)C)c5c4O[C@](C)(CC/C=C(\C)CCC=C(C)C)[C@@H](O)C5)C2=O)OC=O)C3=O)C[C@@H]1O. The molecule has 69 heavy (non-hydrogen) atoms. The van der Waals surface area contributed by atoms with Crippen LogP contribution in [0.25, 0.3) is 0 Å². The normalized spacial score (nSPS) is 22.2. The number of phenolic OH excluding ortho intramolecular Hbond substituents is 1. The summed E-state index contributed by atoms with van der Waals surface area (Å²) in [5.41, 5.74) is 5.77. The van der Waals surface area contributed by atoms with Crippen LogP contribution < -0.4 is 19.5 Å². The van der Waals surface area contributed by atoms with Crippen LogP contribution in [0.4, 0.5) is 4.79 Å². The first-order valence-electron chi connectivity index (χ1n) is 24.7. The molecule has 3 amide bonds. The number of ether oxygens (including phenoxy) is 4. The molecule has 0 aliphatic carbocycles. The lowest BCUT2D eigenvalue weighted by Crippen LogP contribution is -2.49. The molecule has 4 aliphatic heterocycles. The van der Waals surface area contributed by atoms with Gasteiger partial charge in [-0.2, -0.15) is 0 Å². The summed E-state index contributed by atoms with van der Waals surface area (Å²) in [5, 5.41) is 36.8. The van der Waals surface area contributed by atoms with Crippen LogP contribution >= 0.6 is 0 Å². The summed E-state index contributed by atoms with van der Waals surface area (Å²) in [5.74, 6) is 0.0406. The molecule has 0 fully saturated rings. The Balaban J connectivity index is 1.16. The lowest BCUT2D eigenvalue weighted by atomic mass is 9.84. The van der Waals surface area contributed by atoms with Crippen molar-refractivity contribution in [2.45, 2.75) is 195 Å². The number of carbonyl (C=O) groups excluding carboxylic acids is 4. The number of carbonyl (C=O) groups is 4. The van der Waals surface area contributed by atoms with Gasteiger partial charge in [-0.25, -0.2) is 4.79 Å². The topological polar surface area (TPSA) is 184 Å². The molecule has 0 spiro atoms. The van der Waals surface area contributed by atoms with Crippen molar-refractivity contribution in [2.75, 3.05) is 6.54 Å². The van der Waals surface area contributed by atoms with Gasteiger partial charge in [-0.05, 0) is 139 Å². The average Bonchev–Trinajstić information content (AvgIpc) is 3.76. The van der Waals surface area contributed by atoms with E-state index in [4.69, 9.17) is 18.9 Å². The highest BCUT2D eigenvalue weighted by atomic mass is 16.6. The van der Waals surface area contributed by atoms with Crippen LogP contribution in [-0.4, -0.2) is 91.7 Å². The first kappa shape index (κ1) is 52.8. The maximum atomic E-state index is 14.2. The Hall–Kier alpha value is -5.60.